The van der Waals surface area contributed by atoms with Crippen LogP contribution in [0.15, 0.2) is 24.3 Å². The van der Waals surface area contributed by atoms with Gasteiger partial charge in [0.05, 0.1) is 0 Å². The highest BCUT2D eigenvalue weighted by atomic mass is 14.8. The largest absolute Gasteiger partial charge is 0.317 e. The van der Waals surface area contributed by atoms with E-state index in [2.05, 4.69) is 57.3 Å². The fourth-order valence-corrected chi connectivity index (χ4v) is 1.67. The molecule has 0 amide bonds. The van der Waals surface area contributed by atoms with Crippen LogP contribution in [0.2, 0.25) is 0 Å². The van der Waals surface area contributed by atoms with E-state index in [9.17, 15) is 0 Å². The van der Waals surface area contributed by atoms with Gasteiger partial charge < -0.3 is 5.32 Å². The van der Waals surface area contributed by atoms with Gasteiger partial charge in [0.15, 0.2) is 0 Å². The number of hydrogen-bond acceptors (Lipinski definition) is 1. The average Bonchev–Trinajstić information content (AvgIpc) is 2.28. The number of nitrogens with one attached hydrogen (secondary N) is 1. The lowest BCUT2D eigenvalue weighted by atomic mass is 10.0. The summed E-state index contributed by atoms with van der Waals surface area (Å²) in [5, 5.41) is 3.33. The van der Waals surface area contributed by atoms with E-state index < -0.39 is 0 Å². The summed E-state index contributed by atoms with van der Waals surface area (Å²) >= 11 is 0. The van der Waals surface area contributed by atoms with Gasteiger partial charge in [-0.25, -0.2) is 0 Å². The summed E-state index contributed by atoms with van der Waals surface area (Å²) in [7, 11) is 0. The Morgan fingerprint density at radius 3 is 2.62 bits per heavy atom. The zero-order valence-electron chi connectivity index (χ0n) is 10.9. The van der Waals surface area contributed by atoms with Crippen molar-refractivity contribution in [3.63, 3.8) is 0 Å². The third-order valence-electron chi connectivity index (χ3n) is 2.98. The van der Waals surface area contributed by atoms with Crippen LogP contribution in [-0.2, 0) is 0 Å². The van der Waals surface area contributed by atoms with E-state index in [0.29, 0.717) is 0 Å². The van der Waals surface area contributed by atoms with Crippen molar-refractivity contribution in [2.75, 3.05) is 13.1 Å². The van der Waals surface area contributed by atoms with E-state index >= 15 is 0 Å². The lowest BCUT2D eigenvalue weighted by Gasteiger charge is -2.06. The number of allylic oxidation sites excluding steroid dienone is 1. The molecule has 0 radical (unpaired) electrons. The van der Waals surface area contributed by atoms with Crippen molar-refractivity contribution in [1.29, 1.82) is 0 Å². The Morgan fingerprint density at radius 2 is 2.00 bits per heavy atom. The zero-order valence-corrected chi connectivity index (χ0v) is 10.9. The Kier molecular flexibility index (Phi) is 5.27. The highest BCUT2D eigenvalue weighted by Gasteiger charge is 1.97. The van der Waals surface area contributed by atoms with Crippen LogP contribution in [0.1, 0.15) is 37.0 Å². The summed E-state index contributed by atoms with van der Waals surface area (Å²) in [5.74, 6) is 0. The topological polar surface area (TPSA) is 12.0 Å². The van der Waals surface area contributed by atoms with Crippen LogP contribution in [0.4, 0.5) is 0 Å². The first-order chi connectivity index (χ1) is 7.65. The molecule has 0 aliphatic rings. The first kappa shape index (κ1) is 13.0. The molecule has 0 unspecified atom stereocenters. The Labute approximate surface area is 99.6 Å². The van der Waals surface area contributed by atoms with Gasteiger partial charge in [-0.2, -0.15) is 0 Å². The third-order valence-corrected chi connectivity index (χ3v) is 2.98. The highest BCUT2D eigenvalue weighted by molar-refractivity contribution is 5.64. The van der Waals surface area contributed by atoms with Crippen molar-refractivity contribution in [3.8, 4) is 0 Å². The minimum atomic E-state index is 1.05. The van der Waals surface area contributed by atoms with E-state index in [4.69, 9.17) is 0 Å². The summed E-state index contributed by atoms with van der Waals surface area (Å²) in [5.41, 5.74) is 5.46. The van der Waals surface area contributed by atoms with Gasteiger partial charge in [-0.15, -0.1) is 0 Å². The Bertz CT molecular complexity index is 364. The zero-order chi connectivity index (χ0) is 12.0. The molecule has 1 N–H and O–H groups in total. The summed E-state index contributed by atoms with van der Waals surface area (Å²) in [6.45, 7) is 10.8. The SMILES string of the molecule is CCNCCC=C(C)c1ccc(C)c(C)c1. The minimum absolute atomic E-state index is 1.05. The third kappa shape index (κ3) is 3.82. The molecule has 1 aromatic rings. The molecule has 0 aliphatic carbocycles. The predicted molar refractivity (Wildman–Crippen MR) is 72.7 cm³/mol. The van der Waals surface area contributed by atoms with Crippen LogP contribution in [0.25, 0.3) is 5.57 Å². The van der Waals surface area contributed by atoms with Crippen LogP contribution in [0.5, 0.6) is 0 Å². The van der Waals surface area contributed by atoms with Crippen molar-refractivity contribution < 1.29 is 0 Å². The molecule has 0 saturated carbocycles. The van der Waals surface area contributed by atoms with Crippen molar-refractivity contribution in [1.82, 2.24) is 5.32 Å². The summed E-state index contributed by atoms with van der Waals surface area (Å²) in [6, 6.07) is 6.68. The molecular formula is C15H23N. The van der Waals surface area contributed by atoms with Gasteiger partial charge >= 0.3 is 0 Å². The van der Waals surface area contributed by atoms with Gasteiger partial charge in [-0.05, 0) is 62.5 Å². The fourth-order valence-electron chi connectivity index (χ4n) is 1.67. The second kappa shape index (κ2) is 6.49. The van der Waals surface area contributed by atoms with Gasteiger partial charge in [0.2, 0.25) is 0 Å². The number of aryl methyl sites for hydroxylation is 2. The lowest BCUT2D eigenvalue weighted by molar-refractivity contribution is 0.727. The molecule has 0 heterocycles. The Hall–Kier alpha value is -1.08. The van der Waals surface area contributed by atoms with Gasteiger partial charge in [-0.1, -0.05) is 31.2 Å². The molecule has 0 saturated heterocycles. The minimum Gasteiger partial charge on any atom is -0.317 e. The first-order valence-corrected chi connectivity index (χ1v) is 6.10. The molecule has 0 fully saturated rings. The van der Waals surface area contributed by atoms with Crippen molar-refractivity contribution in [2.24, 2.45) is 0 Å². The van der Waals surface area contributed by atoms with Crippen molar-refractivity contribution in [2.45, 2.75) is 34.1 Å². The summed E-state index contributed by atoms with van der Waals surface area (Å²) in [6.07, 6.45) is 3.42. The molecule has 88 valence electrons. The van der Waals surface area contributed by atoms with Gasteiger partial charge in [0.1, 0.15) is 0 Å². The van der Waals surface area contributed by atoms with Crippen LogP contribution in [0.3, 0.4) is 0 Å². The molecule has 1 rings (SSSR count). The number of benzene rings is 1. The maximum atomic E-state index is 3.33. The van der Waals surface area contributed by atoms with Crippen molar-refractivity contribution in [3.05, 3.63) is 41.0 Å². The molecule has 0 aromatic heterocycles. The van der Waals surface area contributed by atoms with Crippen LogP contribution >= 0.6 is 0 Å². The molecule has 0 atom stereocenters. The molecule has 1 nitrogen and oxygen atoms in total. The summed E-state index contributed by atoms with van der Waals surface area (Å²) < 4.78 is 0. The second-order valence-electron chi connectivity index (χ2n) is 4.33. The predicted octanol–water partition coefficient (Wildman–Crippen LogP) is 3.71. The second-order valence-corrected chi connectivity index (χ2v) is 4.33. The molecular weight excluding hydrogens is 194 g/mol. The standard InChI is InChI=1S/C15H23N/c1-5-16-10-6-7-13(3)15-9-8-12(2)14(4)11-15/h7-9,11,16H,5-6,10H2,1-4H3. The van der Waals surface area contributed by atoms with E-state index in [1.165, 1.54) is 22.3 Å². The van der Waals surface area contributed by atoms with E-state index in [1.54, 1.807) is 0 Å². The number of rotatable bonds is 5. The van der Waals surface area contributed by atoms with Crippen LogP contribution in [0, 0.1) is 13.8 Å². The van der Waals surface area contributed by atoms with Crippen LogP contribution in [-0.4, -0.2) is 13.1 Å². The van der Waals surface area contributed by atoms with E-state index in [0.717, 1.165) is 19.5 Å². The molecule has 1 aromatic carbocycles. The number of hydrogen-bond donors (Lipinski definition) is 1. The first-order valence-electron chi connectivity index (χ1n) is 6.10. The maximum absolute atomic E-state index is 3.33. The molecule has 0 aliphatic heterocycles. The quantitative estimate of drug-likeness (QED) is 0.741. The lowest BCUT2D eigenvalue weighted by Crippen LogP contribution is -2.13. The molecule has 16 heavy (non-hydrogen) atoms. The van der Waals surface area contributed by atoms with Crippen LogP contribution < -0.4 is 5.32 Å². The Morgan fingerprint density at radius 1 is 1.25 bits per heavy atom. The highest BCUT2D eigenvalue weighted by Crippen LogP contribution is 2.17. The maximum Gasteiger partial charge on any atom is -0.00142 e. The molecule has 0 bridgehead atoms. The average molecular weight is 217 g/mol. The van der Waals surface area contributed by atoms with Gasteiger partial charge in [0, 0.05) is 0 Å². The Balaban J connectivity index is 2.64. The van der Waals surface area contributed by atoms with Gasteiger partial charge in [-0.3, -0.25) is 0 Å². The van der Waals surface area contributed by atoms with Gasteiger partial charge in [0.25, 0.3) is 0 Å². The fraction of sp³-hybridized carbons (Fsp3) is 0.467. The van der Waals surface area contributed by atoms with E-state index in [1.807, 2.05) is 0 Å². The normalized spacial score (nSPS) is 11.9. The smallest absolute Gasteiger partial charge is 0.00142 e. The van der Waals surface area contributed by atoms with Crippen molar-refractivity contribution >= 4 is 5.57 Å². The molecule has 1 heteroatoms. The monoisotopic (exact) mass is 217 g/mol. The molecule has 0 spiro atoms. The summed E-state index contributed by atoms with van der Waals surface area (Å²) in [4.78, 5) is 0. The van der Waals surface area contributed by atoms with E-state index in [-0.39, 0.29) is 0 Å².